The fraction of sp³-hybridized carbons (Fsp3) is 0.400. The van der Waals surface area contributed by atoms with Crippen molar-refractivity contribution in [2.45, 2.75) is 25.8 Å². The van der Waals surface area contributed by atoms with Crippen LogP contribution in [0.2, 0.25) is 0 Å². The highest BCUT2D eigenvalue weighted by atomic mass is 16.4. The number of carboxylic acid groups (broad SMARTS) is 1. The average molecular weight is 271 g/mol. The summed E-state index contributed by atoms with van der Waals surface area (Å²) in [6, 6.07) is 7.84. The van der Waals surface area contributed by atoms with E-state index in [2.05, 4.69) is 17.1 Å². The van der Waals surface area contributed by atoms with Gasteiger partial charge in [0.2, 0.25) is 0 Å². The molecule has 1 aliphatic carbocycles. The highest BCUT2D eigenvalue weighted by Crippen LogP contribution is 2.38. The van der Waals surface area contributed by atoms with Gasteiger partial charge in [-0.3, -0.25) is 0 Å². The molecule has 1 aromatic heterocycles. The summed E-state index contributed by atoms with van der Waals surface area (Å²) in [4.78, 5) is 13.5. The third-order valence-electron chi connectivity index (χ3n) is 4.11. The third kappa shape index (κ3) is 2.09. The Kier molecular flexibility index (Phi) is 3.04. The second-order valence-electron chi connectivity index (χ2n) is 5.41. The number of benzene rings is 1. The summed E-state index contributed by atoms with van der Waals surface area (Å²) in [5.74, 6) is -0.387. The van der Waals surface area contributed by atoms with E-state index in [1.807, 2.05) is 36.2 Å². The molecule has 1 N–H and O–H groups in total. The lowest BCUT2D eigenvalue weighted by Gasteiger charge is -2.28. The lowest BCUT2D eigenvalue weighted by atomic mass is 10.1. The van der Waals surface area contributed by atoms with Crippen LogP contribution in [0.25, 0.3) is 10.9 Å². The van der Waals surface area contributed by atoms with Crippen LogP contribution in [-0.2, 0) is 0 Å². The summed E-state index contributed by atoms with van der Waals surface area (Å²) in [6.07, 6.45) is 2.43. The number of aromatic carboxylic acids is 1. The van der Waals surface area contributed by atoms with Gasteiger partial charge in [-0.15, -0.1) is 10.2 Å². The van der Waals surface area contributed by atoms with Crippen molar-refractivity contribution in [3.05, 3.63) is 30.0 Å². The van der Waals surface area contributed by atoms with Crippen LogP contribution in [0.5, 0.6) is 0 Å². The molecule has 1 heterocycles. The van der Waals surface area contributed by atoms with Gasteiger partial charge in [0.25, 0.3) is 0 Å². The van der Waals surface area contributed by atoms with Crippen LogP contribution in [0, 0.1) is 5.92 Å². The van der Waals surface area contributed by atoms with Gasteiger partial charge >= 0.3 is 5.97 Å². The van der Waals surface area contributed by atoms with Crippen molar-refractivity contribution >= 4 is 22.6 Å². The Balaban J connectivity index is 2.18. The predicted octanol–water partition coefficient (Wildman–Crippen LogP) is 2.56. The molecule has 2 aromatic rings. The van der Waals surface area contributed by atoms with Crippen LogP contribution in [0.1, 0.15) is 30.3 Å². The molecule has 1 atom stereocenters. The summed E-state index contributed by atoms with van der Waals surface area (Å²) >= 11 is 0. The van der Waals surface area contributed by atoms with Gasteiger partial charge in [-0.05, 0) is 31.7 Å². The van der Waals surface area contributed by atoms with Gasteiger partial charge in [0.05, 0.1) is 11.2 Å². The van der Waals surface area contributed by atoms with Gasteiger partial charge in [-0.25, -0.2) is 4.79 Å². The maximum Gasteiger partial charge on any atom is 0.358 e. The van der Waals surface area contributed by atoms with Crippen LogP contribution in [-0.4, -0.2) is 34.4 Å². The summed E-state index contributed by atoms with van der Waals surface area (Å²) in [5, 5.41) is 18.1. The van der Waals surface area contributed by atoms with E-state index in [4.69, 9.17) is 0 Å². The Labute approximate surface area is 117 Å². The van der Waals surface area contributed by atoms with E-state index in [0.717, 1.165) is 10.9 Å². The molecular formula is C15H17N3O2. The van der Waals surface area contributed by atoms with E-state index >= 15 is 0 Å². The fourth-order valence-corrected chi connectivity index (χ4v) is 2.64. The third-order valence-corrected chi connectivity index (χ3v) is 4.11. The Hall–Kier alpha value is -2.17. The number of carbonyl (C=O) groups is 1. The molecule has 0 amide bonds. The molecule has 0 spiro atoms. The van der Waals surface area contributed by atoms with E-state index in [9.17, 15) is 9.90 Å². The number of nitrogens with zero attached hydrogens (tertiary/aromatic N) is 3. The molecule has 1 aromatic carbocycles. The van der Waals surface area contributed by atoms with Crippen LogP contribution >= 0.6 is 0 Å². The van der Waals surface area contributed by atoms with Gasteiger partial charge in [0.1, 0.15) is 0 Å². The van der Waals surface area contributed by atoms with Crippen LogP contribution in [0.3, 0.4) is 0 Å². The first-order valence-corrected chi connectivity index (χ1v) is 6.81. The predicted molar refractivity (Wildman–Crippen MR) is 77.1 cm³/mol. The van der Waals surface area contributed by atoms with Crippen LogP contribution < -0.4 is 4.90 Å². The van der Waals surface area contributed by atoms with Gasteiger partial charge < -0.3 is 10.0 Å². The van der Waals surface area contributed by atoms with E-state index in [-0.39, 0.29) is 5.69 Å². The van der Waals surface area contributed by atoms with Crippen molar-refractivity contribution in [2.75, 3.05) is 11.9 Å². The van der Waals surface area contributed by atoms with Gasteiger partial charge in [-0.2, -0.15) is 0 Å². The van der Waals surface area contributed by atoms with Crippen molar-refractivity contribution in [1.29, 1.82) is 0 Å². The van der Waals surface area contributed by atoms with Gasteiger partial charge in [0.15, 0.2) is 5.69 Å². The molecule has 5 heteroatoms. The Morgan fingerprint density at radius 2 is 2.05 bits per heavy atom. The zero-order valence-electron chi connectivity index (χ0n) is 11.6. The molecule has 0 radical (unpaired) electrons. The lowest BCUT2D eigenvalue weighted by Crippen LogP contribution is -2.32. The SMILES string of the molecule is CC(C1CC1)N(C)c1c(C(=O)O)nnc2ccccc12. The van der Waals surface area contributed by atoms with E-state index < -0.39 is 5.97 Å². The number of hydrogen-bond donors (Lipinski definition) is 1. The number of rotatable bonds is 4. The Morgan fingerprint density at radius 3 is 2.70 bits per heavy atom. The van der Waals surface area contributed by atoms with Crippen molar-refractivity contribution in [3.8, 4) is 0 Å². The van der Waals surface area contributed by atoms with Crippen molar-refractivity contribution in [2.24, 2.45) is 5.92 Å². The first-order chi connectivity index (χ1) is 9.59. The standard InChI is InChI=1S/C15H17N3O2/c1-9(10-7-8-10)18(2)14-11-5-3-4-6-12(11)16-17-13(14)15(19)20/h3-6,9-10H,7-8H2,1-2H3,(H,19,20). The topological polar surface area (TPSA) is 66.3 Å². The Morgan fingerprint density at radius 1 is 1.35 bits per heavy atom. The minimum atomic E-state index is -1.03. The second-order valence-corrected chi connectivity index (χ2v) is 5.41. The summed E-state index contributed by atoms with van der Waals surface area (Å²) in [7, 11) is 1.94. The maximum absolute atomic E-state index is 11.4. The van der Waals surface area contributed by atoms with E-state index in [0.29, 0.717) is 17.6 Å². The first-order valence-electron chi connectivity index (χ1n) is 6.81. The van der Waals surface area contributed by atoms with Gasteiger partial charge in [-0.1, -0.05) is 18.2 Å². The molecule has 0 aliphatic heterocycles. The number of fused-ring (bicyclic) bond motifs is 1. The molecule has 1 aliphatic rings. The molecular weight excluding hydrogens is 254 g/mol. The summed E-state index contributed by atoms with van der Waals surface area (Å²) < 4.78 is 0. The number of aromatic nitrogens is 2. The first kappa shape index (κ1) is 12.8. The van der Waals surface area contributed by atoms with Gasteiger partial charge in [0, 0.05) is 18.5 Å². The quantitative estimate of drug-likeness (QED) is 0.925. The summed E-state index contributed by atoms with van der Waals surface area (Å²) in [5.41, 5.74) is 1.42. The minimum Gasteiger partial charge on any atom is -0.476 e. The molecule has 20 heavy (non-hydrogen) atoms. The summed E-state index contributed by atoms with van der Waals surface area (Å²) in [6.45, 7) is 2.14. The average Bonchev–Trinajstić information content (AvgIpc) is 3.29. The number of carboxylic acids is 1. The molecule has 104 valence electrons. The zero-order valence-corrected chi connectivity index (χ0v) is 11.6. The normalized spacial score (nSPS) is 16.1. The molecule has 0 saturated heterocycles. The van der Waals surface area contributed by atoms with Crippen LogP contribution in [0.4, 0.5) is 5.69 Å². The van der Waals surface area contributed by atoms with Crippen molar-refractivity contribution in [3.63, 3.8) is 0 Å². The monoisotopic (exact) mass is 271 g/mol. The van der Waals surface area contributed by atoms with E-state index in [1.165, 1.54) is 12.8 Å². The smallest absolute Gasteiger partial charge is 0.358 e. The Bertz CT molecular complexity index is 667. The fourth-order valence-electron chi connectivity index (χ4n) is 2.64. The molecule has 1 saturated carbocycles. The number of anilines is 1. The molecule has 1 fully saturated rings. The molecule has 5 nitrogen and oxygen atoms in total. The maximum atomic E-state index is 11.4. The minimum absolute atomic E-state index is 0.0266. The lowest BCUT2D eigenvalue weighted by molar-refractivity contribution is 0.0690. The largest absolute Gasteiger partial charge is 0.476 e. The number of hydrogen-bond acceptors (Lipinski definition) is 4. The molecule has 3 rings (SSSR count). The highest BCUT2D eigenvalue weighted by Gasteiger charge is 2.33. The van der Waals surface area contributed by atoms with Crippen molar-refractivity contribution in [1.82, 2.24) is 10.2 Å². The highest BCUT2D eigenvalue weighted by molar-refractivity contribution is 6.02. The van der Waals surface area contributed by atoms with E-state index in [1.54, 1.807) is 0 Å². The van der Waals surface area contributed by atoms with Crippen molar-refractivity contribution < 1.29 is 9.90 Å². The zero-order chi connectivity index (χ0) is 14.3. The molecule has 0 bridgehead atoms. The molecule has 1 unspecified atom stereocenters. The second kappa shape index (κ2) is 4.74. The van der Waals surface area contributed by atoms with Crippen LogP contribution in [0.15, 0.2) is 24.3 Å².